The Balaban J connectivity index is 1.86. The molecule has 3 N–H and O–H groups in total. The Bertz CT molecular complexity index is 181. The summed E-state index contributed by atoms with van der Waals surface area (Å²) in [6, 6.07) is 0. The zero-order valence-electron chi connectivity index (χ0n) is 8.75. The second-order valence-corrected chi connectivity index (χ2v) is 3.89. The molecule has 1 unspecified atom stereocenters. The van der Waals surface area contributed by atoms with E-state index < -0.39 is 0 Å². The first-order valence-corrected chi connectivity index (χ1v) is 5.33. The lowest BCUT2D eigenvalue weighted by molar-refractivity contribution is -0.120. The third-order valence-electron chi connectivity index (χ3n) is 2.56. The van der Waals surface area contributed by atoms with Crippen molar-refractivity contribution in [3.63, 3.8) is 0 Å². The van der Waals surface area contributed by atoms with Crippen molar-refractivity contribution in [3.05, 3.63) is 0 Å². The summed E-state index contributed by atoms with van der Waals surface area (Å²) in [4.78, 5) is 10.8. The maximum absolute atomic E-state index is 10.8. The van der Waals surface area contributed by atoms with Gasteiger partial charge in [-0.1, -0.05) is 0 Å². The summed E-state index contributed by atoms with van der Waals surface area (Å²) >= 11 is 0. The van der Waals surface area contributed by atoms with Gasteiger partial charge in [-0.15, -0.1) is 0 Å². The molecule has 1 fully saturated rings. The fourth-order valence-electron chi connectivity index (χ4n) is 1.40. The fourth-order valence-corrected chi connectivity index (χ4v) is 1.40. The Morgan fingerprint density at radius 1 is 1.57 bits per heavy atom. The van der Waals surface area contributed by atoms with Crippen molar-refractivity contribution in [2.45, 2.75) is 31.8 Å². The SMILES string of the molecule is CNC(=O)CCCNCC(O)C1CC1. The number of amides is 1. The molecule has 0 heterocycles. The van der Waals surface area contributed by atoms with E-state index >= 15 is 0 Å². The van der Waals surface area contributed by atoms with Crippen molar-refractivity contribution >= 4 is 5.91 Å². The van der Waals surface area contributed by atoms with Crippen molar-refractivity contribution in [1.29, 1.82) is 0 Å². The van der Waals surface area contributed by atoms with Gasteiger partial charge in [0.05, 0.1) is 6.10 Å². The Hall–Kier alpha value is -0.610. The van der Waals surface area contributed by atoms with Crippen LogP contribution in [0.25, 0.3) is 0 Å². The zero-order chi connectivity index (χ0) is 10.4. The standard InChI is InChI=1S/C10H20N2O2/c1-11-10(14)3-2-6-12-7-9(13)8-4-5-8/h8-9,12-13H,2-7H2,1H3,(H,11,14). The van der Waals surface area contributed by atoms with Crippen LogP contribution >= 0.6 is 0 Å². The van der Waals surface area contributed by atoms with Gasteiger partial charge in [-0.2, -0.15) is 0 Å². The summed E-state index contributed by atoms with van der Waals surface area (Å²) in [5, 5.41) is 15.2. The summed E-state index contributed by atoms with van der Waals surface area (Å²) in [7, 11) is 1.65. The first kappa shape index (κ1) is 11.5. The lowest BCUT2D eigenvalue weighted by Gasteiger charge is -2.09. The van der Waals surface area contributed by atoms with Crippen molar-refractivity contribution in [2.24, 2.45) is 5.92 Å². The molecule has 1 rings (SSSR count). The Kier molecular flexibility index (Phi) is 4.90. The maximum Gasteiger partial charge on any atom is 0.219 e. The second-order valence-electron chi connectivity index (χ2n) is 3.89. The quantitative estimate of drug-likeness (QED) is 0.502. The normalized spacial score (nSPS) is 17.9. The molecule has 0 spiro atoms. The van der Waals surface area contributed by atoms with Gasteiger partial charge >= 0.3 is 0 Å². The lowest BCUT2D eigenvalue weighted by atomic mass is 10.2. The molecule has 4 heteroatoms. The third kappa shape index (κ3) is 4.58. The summed E-state index contributed by atoms with van der Waals surface area (Å²) < 4.78 is 0. The first-order chi connectivity index (χ1) is 6.74. The number of rotatable bonds is 7. The van der Waals surface area contributed by atoms with Gasteiger partial charge in [0.15, 0.2) is 0 Å². The molecule has 82 valence electrons. The molecule has 0 aromatic carbocycles. The molecule has 0 radical (unpaired) electrons. The van der Waals surface area contributed by atoms with E-state index in [2.05, 4.69) is 10.6 Å². The van der Waals surface area contributed by atoms with Gasteiger partial charge in [0.25, 0.3) is 0 Å². The van der Waals surface area contributed by atoms with Crippen LogP contribution in [0.2, 0.25) is 0 Å². The topological polar surface area (TPSA) is 61.4 Å². The van der Waals surface area contributed by atoms with Gasteiger partial charge in [-0.05, 0) is 31.7 Å². The lowest BCUT2D eigenvalue weighted by Crippen LogP contribution is -2.29. The van der Waals surface area contributed by atoms with E-state index in [1.54, 1.807) is 7.05 Å². The monoisotopic (exact) mass is 200 g/mol. The number of carbonyl (C=O) groups is 1. The molecule has 1 amide bonds. The molecular formula is C10H20N2O2. The van der Waals surface area contributed by atoms with E-state index in [1.165, 1.54) is 12.8 Å². The van der Waals surface area contributed by atoms with Crippen LogP contribution in [-0.4, -0.2) is 37.3 Å². The number of nitrogens with one attached hydrogen (secondary N) is 2. The van der Waals surface area contributed by atoms with Crippen molar-refractivity contribution < 1.29 is 9.90 Å². The Labute approximate surface area is 85.1 Å². The Morgan fingerprint density at radius 3 is 2.86 bits per heavy atom. The maximum atomic E-state index is 10.8. The number of aliphatic hydroxyl groups excluding tert-OH is 1. The predicted octanol–water partition coefficient (Wildman–Crippen LogP) is -0.127. The zero-order valence-corrected chi connectivity index (χ0v) is 8.75. The third-order valence-corrected chi connectivity index (χ3v) is 2.56. The van der Waals surface area contributed by atoms with Crippen molar-refractivity contribution in [3.8, 4) is 0 Å². The van der Waals surface area contributed by atoms with Crippen LogP contribution in [0.5, 0.6) is 0 Å². The number of hydrogen-bond donors (Lipinski definition) is 3. The van der Waals surface area contributed by atoms with E-state index in [0.29, 0.717) is 18.9 Å². The van der Waals surface area contributed by atoms with Crippen molar-refractivity contribution in [1.82, 2.24) is 10.6 Å². The van der Waals surface area contributed by atoms with Crippen LogP contribution in [0.15, 0.2) is 0 Å². The highest BCUT2D eigenvalue weighted by atomic mass is 16.3. The van der Waals surface area contributed by atoms with Crippen LogP contribution in [-0.2, 0) is 4.79 Å². The Morgan fingerprint density at radius 2 is 2.29 bits per heavy atom. The number of hydrogen-bond acceptors (Lipinski definition) is 3. The van der Waals surface area contributed by atoms with E-state index in [-0.39, 0.29) is 12.0 Å². The largest absolute Gasteiger partial charge is 0.392 e. The fraction of sp³-hybridized carbons (Fsp3) is 0.900. The van der Waals surface area contributed by atoms with Crippen LogP contribution in [0.3, 0.4) is 0 Å². The minimum atomic E-state index is -0.185. The molecule has 1 atom stereocenters. The van der Waals surface area contributed by atoms with Crippen molar-refractivity contribution in [2.75, 3.05) is 20.1 Å². The highest BCUT2D eigenvalue weighted by molar-refractivity contribution is 5.75. The van der Waals surface area contributed by atoms with Gasteiger partial charge in [0, 0.05) is 20.0 Å². The molecule has 1 aliphatic carbocycles. The summed E-state index contributed by atoms with van der Waals surface area (Å²) in [6.07, 6.45) is 3.54. The molecule has 4 nitrogen and oxygen atoms in total. The molecule has 0 aromatic heterocycles. The molecule has 0 aromatic rings. The molecule has 0 bridgehead atoms. The van der Waals surface area contributed by atoms with Gasteiger partial charge in [0.2, 0.25) is 5.91 Å². The highest BCUT2D eigenvalue weighted by Gasteiger charge is 2.28. The molecule has 1 saturated carbocycles. The van der Waals surface area contributed by atoms with Crippen LogP contribution in [0.4, 0.5) is 0 Å². The molecule has 1 aliphatic rings. The predicted molar refractivity (Wildman–Crippen MR) is 54.9 cm³/mol. The minimum Gasteiger partial charge on any atom is -0.392 e. The minimum absolute atomic E-state index is 0.0783. The van der Waals surface area contributed by atoms with Crippen LogP contribution in [0, 0.1) is 5.92 Å². The van der Waals surface area contributed by atoms with Crippen LogP contribution in [0.1, 0.15) is 25.7 Å². The smallest absolute Gasteiger partial charge is 0.219 e. The number of aliphatic hydroxyl groups is 1. The second kappa shape index (κ2) is 5.98. The van der Waals surface area contributed by atoms with E-state index in [9.17, 15) is 9.90 Å². The van der Waals surface area contributed by atoms with Gasteiger partial charge in [-0.3, -0.25) is 4.79 Å². The highest BCUT2D eigenvalue weighted by Crippen LogP contribution is 2.32. The summed E-state index contributed by atoms with van der Waals surface area (Å²) in [6.45, 7) is 1.47. The average Bonchev–Trinajstić information content (AvgIpc) is 2.99. The van der Waals surface area contributed by atoms with Gasteiger partial charge < -0.3 is 15.7 Å². The van der Waals surface area contributed by atoms with Gasteiger partial charge in [-0.25, -0.2) is 0 Å². The summed E-state index contributed by atoms with van der Waals surface area (Å²) in [5.74, 6) is 0.607. The van der Waals surface area contributed by atoms with E-state index in [1.807, 2.05) is 0 Å². The molecule has 14 heavy (non-hydrogen) atoms. The molecule has 0 saturated heterocycles. The van der Waals surface area contributed by atoms with E-state index in [4.69, 9.17) is 0 Å². The van der Waals surface area contributed by atoms with Gasteiger partial charge in [0.1, 0.15) is 0 Å². The molecular weight excluding hydrogens is 180 g/mol. The average molecular weight is 200 g/mol. The first-order valence-electron chi connectivity index (χ1n) is 5.33. The molecule has 0 aliphatic heterocycles. The number of carbonyl (C=O) groups excluding carboxylic acids is 1. The summed E-state index contributed by atoms with van der Waals surface area (Å²) in [5.41, 5.74) is 0. The van der Waals surface area contributed by atoms with E-state index in [0.717, 1.165) is 13.0 Å². The van der Waals surface area contributed by atoms with Crippen LogP contribution < -0.4 is 10.6 Å².